The van der Waals surface area contributed by atoms with Crippen LogP contribution in [0, 0.1) is 0 Å². The number of benzene rings is 1. The summed E-state index contributed by atoms with van der Waals surface area (Å²) in [6.07, 6.45) is -7.90. The number of ether oxygens (including phenoxy) is 2. The van der Waals surface area contributed by atoms with Crippen LogP contribution in [0.25, 0.3) is 0 Å². The van der Waals surface area contributed by atoms with E-state index in [1.54, 1.807) is 6.92 Å². The van der Waals surface area contributed by atoms with Crippen molar-refractivity contribution < 1.29 is 48.6 Å². The van der Waals surface area contributed by atoms with Gasteiger partial charge in [-0.25, -0.2) is 17.2 Å². The summed E-state index contributed by atoms with van der Waals surface area (Å²) in [5.74, 6) is -5.93. The first-order chi connectivity index (χ1) is 12.7. The SMILES string of the molecule is CCCCS(=O)(=O)Nc1cc(OCC(F)(F)F)cc(OCC(F)(F)C(F)F)c1. The summed E-state index contributed by atoms with van der Waals surface area (Å²) in [7, 11) is -3.88. The fourth-order valence-corrected chi connectivity index (χ4v) is 3.02. The number of nitrogens with one attached hydrogen (secondary N) is 1. The molecule has 13 heteroatoms. The van der Waals surface area contributed by atoms with Crippen LogP contribution < -0.4 is 14.2 Å². The van der Waals surface area contributed by atoms with Crippen molar-refractivity contribution in [3.63, 3.8) is 0 Å². The summed E-state index contributed by atoms with van der Waals surface area (Å²) < 4.78 is 122. The molecule has 0 fully saturated rings. The monoisotopic (exact) mass is 441 g/mol. The average Bonchev–Trinajstić information content (AvgIpc) is 2.55. The van der Waals surface area contributed by atoms with E-state index < -0.39 is 53.3 Å². The highest BCUT2D eigenvalue weighted by atomic mass is 32.2. The van der Waals surface area contributed by atoms with Crippen LogP contribution in [-0.4, -0.2) is 45.9 Å². The number of unbranched alkanes of at least 4 members (excludes halogenated alkanes) is 1. The molecule has 162 valence electrons. The molecule has 1 N–H and O–H groups in total. The molecule has 0 aliphatic carbocycles. The Morgan fingerprint density at radius 2 is 1.54 bits per heavy atom. The van der Waals surface area contributed by atoms with E-state index in [1.165, 1.54) is 0 Å². The molecule has 0 amide bonds. The molecule has 0 saturated heterocycles. The minimum atomic E-state index is -4.72. The van der Waals surface area contributed by atoms with Crippen LogP contribution in [0.4, 0.5) is 36.4 Å². The highest BCUT2D eigenvalue weighted by Gasteiger charge is 2.41. The molecule has 0 aliphatic rings. The van der Waals surface area contributed by atoms with Crippen molar-refractivity contribution in [2.75, 3.05) is 23.7 Å². The molecule has 0 heterocycles. The summed E-state index contributed by atoms with van der Waals surface area (Å²) in [6.45, 7) is -1.78. The Hall–Kier alpha value is -1.92. The van der Waals surface area contributed by atoms with Crippen molar-refractivity contribution in [1.29, 1.82) is 0 Å². The lowest BCUT2D eigenvalue weighted by Crippen LogP contribution is -2.33. The molecular formula is C15H18F7NO4S. The molecule has 0 aromatic heterocycles. The van der Waals surface area contributed by atoms with Gasteiger partial charge < -0.3 is 9.47 Å². The van der Waals surface area contributed by atoms with Gasteiger partial charge in [0.05, 0.1) is 11.4 Å². The molecule has 28 heavy (non-hydrogen) atoms. The zero-order valence-electron chi connectivity index (χ0n) is 14.5. The molecule has 0 unspecified atom stereocenters. The summed E-state index contributed by atoms with van der Waals surface area (Å²) >= 11 is 0. The van der Waals surface area contributed by atoms with E-state index in [2.05, 4.69) is 9.47 Å². The second-order valence-electron chi connectivity index (χ2n) is 5.72. The van der Waals surface area contributed by atoms with Gasteiger partial charge >= 0.3 is 18.5 Å². The lowest BCUT2D eigenvalue weighted by atomic mass is 10.3. The van der Waals surface area contributed by atoms with Crippen LogP contribution >= 0.6 is 0 Å². The van der Waals surface area contributed by atoms with Crippen molar-refractivity contribution in [1.82, 2.24) is 0 Å². The minimum Gasteiger partial charge on any atom is -0.487 e. The van der Waals surface area contributed by atoms with Crippen LogP contribution in [-0.2, 0) is 10.0 Å². The van der Waals surface area contributed by atoms with Crippen LogP contribution in [0.15, 0.2) is 18.2 Å². The molecule has 1 aromatic rings. The van der Waals surface area contributed by atoms with Gasteiger partial charge in [-0.1, -0.05) is 13.3 Å². The van der Waals surface area contributed by atoms with Crippen LogP contribution in [0.5, 0.6) is 11.5 Å². The first-order valence-electron chi connectivity index (χ1n) is 7.88. The average molecular weight is 441 g/mol. The number of anilines is 1. The van der Waals surface area contributed by atoms with Crippen molar-refractivity contribution >= 4 is 15.7 Å². The summed E-state index contributed by atoms with van der Waals surface area (Å²) in [5, 5.41) is 0. The van der Waals surface area contributed by atoms with Gasteiger partial charge in [-0.05, 0) is 6.42 Å². The van der Waals surface area contributed by atoms with E-state index in [0.29, 0.717) is 12.8 Å². The van der Waals surface area contributed by atoms with Crippen molar-refractivity contribution in [2.24, 2.45) is 0 Å². The Morgan fingerprint density at radius 3 is 2.00 bits per heavy atom. The number of halogens is 7. The maximum atomic E-state index is 13.0. The Balaban J connectivity index is 3.06. The van der Waals surface area contributed by atoms with Gasteiger partial charge in [-0.15, -0.1) is 0 Å². The maximum absolute atomic E-state index is 13.0. The van der Waals surface area contributed by atoms with Gasteiger partial charge in [0, 0.05) is 18.2 Å². The number of hydrogen-bond acceptors (Lipinski definition) is 4. The van der Waals surface area contributed by atoms with Crippen molar-refractivity contribution in [3.8, 4) is 11.5 Å². The third-order valence-electron chi connectivity index (χ3n) is 3.07. The molecule has 0 saturated carbocycles. The van der Waals surface area contributed by atoms with E-state index in [1.807, 2.05) is 4.72 Å². The third kappa shape index (κ3) is 8.85. The first-order valence-corrected chi connectivity index (χ1v) is 9.53. The minimum absolute atomic E-state index is 0.295. The Kier molecular flexibility index (Phi) is 8.20. The van der Waals surface area contributed by atoms with Crippen LogP contribution in [0.2, 0.25) is 0 Å². The van der Waals surface area contributed by atoms with Crippen LogP contribution in [0.3, 0.4) is 0 Å². The highest BCUT2D eigenvalue weighted by Crippen LogP contribution is 2.30. The molecule has 0 bridgehead atoms. The number of sulfonamides is 1. The third-order valence-corrected chi connectivity index (χ3v) is 4.45. The maximum Gasteiger partial charge on any atom is 0.422 e. The lowest BCUT2D eigenvalue weighted by Gasteiger charge is -2.18. The topological polar surface area (TPSA) is 64.6 Å². The van der Waals surface area contributed by atoms with Crippen molar-refractivity contribution in [3.05, 3.63) is 18.2 Å². The molecule has 0 atom stereocenters. The van der Waals surface area contributed by atoms with E-state index in [0.717, 1.165) is 18.2 Å². The quantitative estimate of drug-likeness (QED) is 0.516. The lowest BCUT2D eigenvalue weighted by molar-refractivity contribution is -0.153. The molecule has 5 nitrogen and oxygen atoms in total. The van der Waals surface area contributed by atoms with E-state index in [-0.39, 0.29) is 11.4 Å². The zero-order valence-corrected chi connectivity index (χ0v) is 15.3. The number of hydrogen-bond donors (Lipinski definition) is 1. The zero-order chi connectivity index (χ0) is 21.6. The van der Waals surface area contributed by atoms with Gasteiger partial charge in [0.25, 0.3) is 0 Å². The Bertz CT molecular complexity index is 738. The van der Waals surface area contributed by atoms with E-state index >= 15 is 0 Å². The van der Waals surface area contributed by atoms with E-state index in [9.17, 15) is 39.2 Å². The fourth-order valence-electron chi connectivity index (χ4n) is 1.77. The van der Waals surface area contributed by atoms with E-state index in [4.69, 9.17) is 0 Å². The molecule has 1 rings (SSSR count). The Morgan fingerprint density at radius 1 is 1.00 bits per heavy atom. The normalized spacial score (nSPS) is 12.9. The summed E-state index contributed by atoms with van der Waals surface area (Å²) in [6, 6.07) is 2.50. The molecular weight excluding hydrogens is 423 g/mol. The van der Waals surface area contributed by atoms with Crippen LogP contribution in [0.1, 0.15) is 19.8 Å². The molecule has 0 aliphatic heterocycles. The highest BCUT2D eigenvalue weighted by molar-refractivity contribution is 7.92. The summed E-state index contributed by atoms with van der Waals surface area (Å²) in [4.78, 5) is 0. The molecule has 0 spiro atoms. The standard InChI is InChI=1S/C15H18F7NO4S/c1-2-3-4-28(24,25)23-10-5-11(26-8-14(18,19)13(16)17)7-12(6-10)27-9-15(20,21)22/h5-7,13,23H,2-4,8-9H2,1H3. The second-order valence-corrected chi connectivity index (χ2v) is 7.56. The molecule has 0 radical (unpaired) electrons. The first kappa shape index (κ1) is 24.1. The van der Waals surface area contributed by atoms with Gasteiger partial charge in [-0.3, -0.25) is 4.72 Å². The van der Waals surface area contributed by atoms with Crippen molar-refractivity contribution in [2.45, 2.75) is 38.3 Å². The summed E-state index contributed by atoms with van der Waals surface area (Å²) in [5.41, 5.74) is -0.328. The van der Waals surface area contributed by atoms with Gasteiger partial charge in [0.1, 0.15) is 11.5 Å². The number of alkyl halides is 7. The predicted octanol–water partition coefficient (Wildman–Crippen LogP) is 4.45. The fraction of sp³-hybridized carbons (Fsp3) is 0.600. The Labute approximate surface area is 156 Å². The van der Waals surface area contributed by atoms with Gasteiger partial charge in [0.15, 0.2) is 13.2 Å². The second kappa shape index (κ2) is 9.52. The smallest absolute Gasteiger partial charge is 0.422 e. The van der Waals surface area contributed by atoms with Gasteiger partial charge in [-0.2, -0.15) is 22.0 Å². The van der Waals surface area contributed by atoms with Gasteiger partial charge in [0.2, 0.25) is 10.0 Å². The molecule has 1 aromatic carbocycles. The number of rotatable bonds is 11. The largest absolute Gasteiger partial charge is 0.487 e. The predicted molar refractivity (Wildman–Crippen MR) is 86.8 cm³/mol.